The van der Waals surface area contributed by atoms with Crippen LogP contribution in [-0.2, 0) is 19.1 Å². The number of ether oxygens (including phenoxy) is 2. The minimum absolute atomic E-state index is 0.0563. The van der Waals surface area contributed by atoms with Crippen LogP contribution in [0, 0.1) is 5.41 Å². The van der Waals surface area contributed by atoms with E-state index >= 15 is 0 Å². The van der Waals surface area contributed by atoms with Crippen LogP contribution in [0.3, 0.4) is 0 Å². The largest absolute Gasteiger partial charge is 0.460 e. The Labute approximate surface area is 102 Å². The zero-order chi connectivity index (χ0) is 13.3. The molecule has 94 valence electrons. The van der Waals surface area contributed by atoms with E-state index in [2.05, 4.69) is 13.2 Å². The first-order valence-corrected chi connectivity index (χ1v) is 5.23. The van der Waals surface area contributed by atoms with E-state index in [9.17, 15) is 9.59 Å². The Kier molecular flexibility index (Phi) is 6.63. The molecule has 0 saturated carbocycles. The summed E-state index contributed by atoms with van der Waals surface area (Å²) in [6.07, 6.45) is 5.92. The molecule has 0 aromatic rings. The number of carbonyl (C=O) groups excluding carboxylic acids is 2. The molecule has 17 heavy (non-hydrogen) atoms. The molecule has 0 aliphatic heterocycles. The lowest BCUT2D eigenvalue weighted by molar-refractivity contribution is -0.165. The Balaban J connectivity index is 4.87. The van der Waals surface area contributed by atoms with Crippen molar-refractivity contribution in [2.45, 2.75) is 13.8 Å². The summed E-state index contributed by atoms with van der Waals surface area (Å²) in [5, 5.41) is 0. The molecule has 4 heteroatoms. The molecule has 0 spiro atoms. The molecule has 0 fully saturated rings. The van der Waals surface area contributed by atoms with Gasteiger partial charge in [0.15, 0.2) is 5.41 Å². The van der Waals surface area contributed by atoms with Gasteiger partial charge in [0.2, 0.25) is 0 Å². The molecule has 0 aliphatic rings. The first kappa shape index (κ1) is 15.2. The molecular formula is C13H18O4. The molecule has 0 aromatic heterocycles. The average Bonchev–Trinajstić information content (AvgIpc) is 2.32. The number of hydrogen-bond donors (Lipinski definition) is 0. The van der Waals surface area contributed by atoms with Gasteiger partial charge in [-0.3, -0.25) is 9.59 Å². The van der Waals surface area contributed by atoms with Crippen molar-refractivity contribution in [2.24, 2.45) is 5.41 Å². The molecule has 4 nitrogen and oxygen atoms in total. The number of rotatable bonds is 7. The maximum absolute atomic E-state index is 11.8. The summed E-state index contributed by atoms with van der Waals surface area (Å²) in [6.45, 7) is 10.1. The van der Waals surface area contributed by atoms with E-state index in [0.29, 0.717) is 0 Å². The van der Waals surface area contributed by atoms with E-state index in [4.69, 9.17) is 9.47 Å². The van der Waals surface area contributed by atoms with Crippen molar-refractivity contribution in [3.05, 3.63) is 37.5 Å². The van der Waals surface area contributed by atoms with Crippen molar-refractivity contribution in [3.8, 4) is 0 Å². The highest BCUT2D eigenvalue weighted by Gasteiger charge is 2.41. The quantitative estimate of drug-likeness (QED) is 0.387. The van der Waals surface area contributed by atoms with Crippen molar-refractivity contribution < 1.29 is 19.1 Å². The predicted molar refractivity (Wildman–Crippen MR) is 65.2 cm³/mol. The van der Waals surface area contributed by atoms with Crippen molar-refractivity contribution in [2.75, 3.05) is 13.2 Å². The van der Waals surface area contributed by atoms with E-state index in [0.717, 1.165) is 0 Å². The summed E-state index contributed by atoms with van der Waals surface area (Å²) in [7, 11) is 0. The molecule has 0 aliphatic carbocycles. The highest BCUT2D eigenvalue weighted by atomic mass is 16.6. The molecule has 0 rings (SSSR count). The second-order valence-corrected chi connectivity index (χ2v) is 3.48. The summed E-state index contributed by atoms with van der Waals surface area (Å²) in [5.74, 6) is -1.32. The molecule has 0 heterocycles. The van der Waals surface area contributed by atoms with Gasteiger partial charge in [-0.05, 0) is 13.8 Å². The summed E-state index contributed by atoms with van der Waals surface area (Å²) in [5.41, 5.74) is -1.43. The summed E-state index contributed by atoms with van der Waals surface area (Å²) < 4.78 is 9.75. The van der Waals surface area contributed by atoms with Gasteiger partial charge in [0.25, 0.3) is 0 Å². The molecule has 0 atom stereocenters. The fourth-order valence-electron chi connectivity index (χ4n) is 1.12. The van der Waals surface area contributed by atoms with Gasteiger partial charge in [0, 0.05) is 0 Å². The summed E-state index contributed by atoms with van der Waals surface area (Å²) in [4.78, 5) is 23.5. The van der Waals surface area contributed by atoms with Crippen molar-refractivity contribution in [1.82, 2.24) is 0 Å². The summed E-state index contributed by atoms with van der Waals surface area (Å²) in [6, 6.07) is 0. The van der Waals surface area contributed by atoms with Crippen molar-refractivity contribution >= 4 is 11.9 Å². The summed E-state index contributed by atoms with van der Waals surface area (Å²) >= 11 is 0. The van der Waals surface area contributed by atoms with E-state index in [1.54, 1.807) is 13.0 Å². The Morgan fingerprint density at radius 2 is 1.53 bits per heavy atom. The van der Waals surface area contributed by atoms with Crippen LogP contribution in [0.25, 0.3) is 0 Å². The lowest BCUT2D eigenvalue weighted by Crippen LogP contribution is -2.37. The minimum Gasteiger partial charge on any atom is -0.460 e. The van der Waals surface area contributed by atoms with Gasteiger partial charge < -0.3 is 9.47 Å². The molecule has 0 amide bonds. The van der Waals surface area contributed by atoms with Gasteiger partial charge in [-0.2, -0.15) is 0 Å². The maximum Gasteiger partial charge on any atom is 0.327 e. The lowest BCUT2D eigenvalue weighted by atomic mass is 9.90. The van der Waals surface area contributed by atoms with Gasteiger partial charge in [-0.15, -0.1) is 0 Å². The van der Waals surface area contributed by atoms with Crippen LogP contribution in [0.4, 0.5) is 0 Å². The number of allylic oxidation sites excluding steroid dienone is 1. The van der Waals surface area contributed by atoms with Crippen LogP contribution in [-0.4, -0.2) is 25.2 Å². The van der Waals surface area contributed by atoms with Gasteiger partial charge in [-0.1, -0.05) is 37.5 Å². The van der Waals surface area contributed by atoms with Gasteiger partial charge >= 0.3 is 11.9 Å². The van der Waals surface area contributed by atoms with Crippen LogP contribution < -0.4 is 0 Å². The Morgan fingerprint density at radius 3 is 1.82 bits per heavy atom. The SMILES string of the molecule is C=CCOC(=O)C(C)(C=CC)C(=O)OCC=C. The normalized spacial score (nSPS) is 10.9. The van der Waals surface area contributed by atoms with E-state index < -0.39 is 17.4 Å². The van der Waals surface area contributed by atoms with Crippen molar-refractivity contribution in [3.63, 3.8) is 0 Å². The smallest absolute Gasteiger partial charge is 0.327 e. The molecule has 0 aromatic carbocycles. The molecular weight excluding hydrogens is 220 g/mol. The second-order valence-electron chi connectivity index (χ2n) is 3.48. The first-order chi connectivity index (χ1) is 8.02. The number of esters is 2. The predicted octanol–water partition coefficient (Wildman–Crippen LogP) is 2.03. The van der Waals surface area contributed by atoms with Crippen LogP contribution in [0.2, 0.25) is 0 Å². The molecule has 0 unspecified atom stereocenters. The van der Waals surface area contributed by atoms with Crippen LogP contribution in [0.1, 0.15) is 13.8 Å². The van der Waals surface area contributed by atoms with Gasteiger partial charge in [0.1, 0.15) is 13.2 Å². The van der Waals surface area contributed by atoms with Crippen LogP contribution in [0.5, 0.6) is 0 Å². The third-order valence-electron chi connectivity index (χ3n) is 2.01. The fourth-order valence-corrected chi connectivity index (χ4v) is 1.12. The third kappa shape index (κ3) is 4.26. The van der Waals surface area contributed by atoms with Crippen molar-refractivity contribution in [1.29, 1.82) is 0 Å². The monoisotopic (exact) mass is 238 g/mol. The molecule has 0 bridgehead atoms. The van der Waals surface area contributed by atoms with Gasteiger partial charge in [-0.25, -0.2) is 0 Å². The highest BCUT2D eigenvalue weighted by Crippen LogP contribution is 2.23. The zero-order valence-corrected chi connectivity index (χ0v) is 10.3. The molecule has 0 radical (unpaired) electrons. The highest BCUT2D eigenvalue weighted by molar-refractivity contribution is 6.01. The lowest BCUT2D eigenvalue weighted by Gasteiger charge is -2.21. The van der Waals surface area contributed by atoms with Crippen LogP contribution >= 0.6 is 0 Å². The Morgan fingerprint density at radius 1 is 1.12 bits per heavy atom. The van der Waals surface area contributed by atoms with E-state index in [-0.39, 0.29) is 13.2 Å². The second kappa shape index (κ2) is 7.44. The van der Waals surface area contributed by atoms with Gasteiger partial charge in [0.05, 0.1) is 0 Å². The third-order valence-corrected chi connectivity index (χ3v) is 2.01. The van der Waals surface area contributed by atoms with E-state index in [1.807, 2.05) is 0 Å². The molecule has 0 saturated heterocycles. The Hall–Kier alpha value is -1.84. The fraction of sp³-hybridized carbons (Fsp3) is 0.385. The Bertz CT molecular complexity index is 304. The average molecular weight is 238 g/mol. The van der Waals surface area contributed by atoms with Crippen LogP contribution in [0.15, 0.2) is 37.5 Å². The standard InChI is InChI=1S/C13H18O4/c1-5-8-13(4,11(14)16-9-6-2)12(15)17-10-7-3/h5-8H,2-3,9-10H2,1,4H3. The van der Waals surface area contributed by atoms with E-state index in [1.165, 1.54) is 25.2 Å². The number of hydrogen-bond acceptors (Lipinski definition) is 4. The zero-order valence-electron chi connectivity index (χ0n) is 10.3. The molecule has 0 N–H and O–H groups in total. The topological polar surface area (TPSA) is 52.6 Å². The number of carbonyl (C=O) groups is 2. The minimum atomic E-state index is -1.43. The maximum atomic E-state index is 11.8. The first-order valence-electron chi connectivity index (χ1n) is 5.23.